The summed E-state index contributed by atoms with van der Waals surface area (Å²) in [5, 5.41) is 3.32. The fraction of sp³-hybridized carbons (Fsp3) is 0.900. The first-order valence-corrected chi connectivity index (χ1v) is 5.10. The fourth-order valence-electron chi connectivity index (χ4n) is 1.83. The average molecular weight is 184 g/mol. The maximum absolute atomic E-state index is 11.1. The van der Waals surface area contributed by atoms with E-state index in [9.17, 15) is 4.79 Å². The van der Waals surface area contributed by atoms with Crippen LogP contribution in [0.25, 0.3) is 0 Å². The third-order valence-electron chi connectivity index (χ3n) is 2.79. The Labute approximate surface area is 80.1 Å². The normalized spacial score (nSPS) is 20.2. The van der Waals surface area contributed by atoms with Gasteiger partial charge in [-0.3, -0.25) is 4.79 Å². The molecule has 3 nitrogen and oxygen atoms in total. The van der Waals surface area contributed by atoms with E-state index in [0.29, 0.717) is 6.04 Å². The molecule has 3 N–H and O–H groups in total. The molecule has 0 radical (unpaired) electrons. The minimum atomic E-state index is -0.554. The summed E-state index contributed by atoms with van der Waals surface area (Å²) in [6.45, 7) is 3.70. The van der Waals surface area contributed by atoms with Crippen LogP contribution in [0.3, 0.4) is 0 Å². The van der Waals surface area contributed by atoms with E-state index in [-0.39, 0.29) is 5.91 Å². The van der Waals surface area contributed by atoms with Gasteiger partial charge < -0.3 is 11.1 Å². The molecule has 0 aromatic heterocycles. The molecule has 0 unspecified atom stereocenters. The zero-order valence-corrected chi connectivity index (χ0v) is 8.60. The van der Waals surface area contributed by atoms with E-state index in [0.717, 1.165) is 0 Å². The third-order valence-corrected chi connectivity index (χ3v) is 2.79. The number of primary amides is 1. The summed E-state index contributed by atoms with van der Waals surface area (Å²) in [6, 6.07) is 0.483. The minimum Gasteiger partial charge on any atom is -0.368 e. The summed E-state index contributed by atoms with van der Waals surface area (Å²) < 4.78 is 0. The largest absolute Gasteiger partial charge is 0.368 e. The molecule has 3 heteroatoms. The first kappa shape index (κ1) is 10.5. The minimum absolute atomic E-state index is 0.266. The zero-order chi connectivity index (χ0) is 9.90. The molecule has 1 rings (SSSR count). The van der Waals surface area contributed by atoms with Crippen LogP contribution < -0.4 is 11.1 Å². The van der Waals surface area contributed by atoms with Crippen molar-refractivity contribution >= 4 is 5.91 Å². The molecule has 0 aromatic carbocycles. The van der Waals surface area contributed by atoms with Crippen LogP contribution in [0, 0.1) is 0 Å². The van der Waals surface area contributed by atoms with E-state index in [1.165, 1.54) is 32.1 Å². The van der Waals surface area contributed by atoms with Gasteiger partial charge in [0.15, 0.2) is 0 Å². The Kier molecular flexibility index (Phi) is 3.31. The topological polar surface area (TPSA) is 55.1 Å². The van der Waals surface area contributed by atoms with Crippen molar-refractivity contribution < 1.29 is 4.79 Å². The lowest BCUT2D eigenvalue weighted by Crippen LogP contribution is -2.54. The van der Waals surface area contributed by atoms with Gasteiger partial charge in [-0.15, -0.1) is 0 Å². The van der Waals surface area contributed by atoms with E-state index in [1.807, 2.05) is 13.8 Å². The van der Waals surface area contributed by atoms with Gasteiger partial charge in [0.1, 0.15) is 0 Å². The highest BCUT2D eigenvalue weighted by Gasteiger charge is 2.28. The molecule has 1 saturated carbocycles. The summed E-state index contributed by atoms with van der Waals surface area (Å²) in [5.74, 6) is -0.266. The summed E-state index contributed by atoms with van der Waals surface area (Å²) >= 11 is 0. The smallest absolute Gasteiger partial charge is 0.237 e. The predicted molar refractivity (Wildman–Crippen MR) is 53.3 cm³/mol. The van der Waals surface area contributed by atoms with Crippen LogP contribution in [-0.4, -0.2) is 17.5 Å². The van der Waals surface area contributed by atoms with Crippen molar-refractivity contribution in [2.75, 3.05) is 0 Å². The van der Waals surface area contributed by atoms with Crippen LogP contribution in [0.15, 0.2) is 0 Å². The quantitative estimate of drug-likeness (QED) is 0.692. The van der Waals surface area contributed by atoms with Gasteiger partial charge in [0, 0.05) is 6.04 Å². The van der Waals surface area contributed by atoms with Gasteiger partial charge in [-0.05, 0) is 26.7 Å². The lowest BCUT2D eigenvalue weighted by Gasteiger charge is -2.31. The number of nitrogens with two attached hydrogens (primary N) is 1. The third kappa shape index (κ3) is 2.99. The van der Waals surface area contributed by atoms with Crippen molar-refractivity contribution in [2.24, 2.45) is 5.73 Å². The van der Waals surface area contributed by atoms with Crippen molar-refractivity contribution in [1.82, 2.24) is 5.32 Å². The average Bonchev–Trinajstić information content (AvgIpc) is 2.05. The fourth-order valence-corrected chi connectivity index (χ4v) is 1.83. The van der Waals surface area contributed by atoms with Crippen LogP contribution in [0.2, 0.25) is 0 Å². The van der Waals surface area contributed by atoms with Crippen molar-refractivity contribution in [3.05, 3.63) is 0 Å². The van der Waals surface area contributed by atoms with Crippen LogP contribution in [0.1, 0.15) is 46.0 Å². The summed E-state index contributed by atoms with van der Waals surface area (Å²) in [4.78, 5) is 11.1. The number of amides is 1. The molecule has 0 aromatic rings. The van der Waals surface area contributed by atoms with Gasteiger partial charge in [-0.2, -0.15) is 0 Å². The maximum atomic E-state index is 11.1. The maximum Gasteiger partial charge on any atom is 0.237 e. The van der Waals surface area contributed by atoms with E-state index in [1.54, 1.807) is 0 Å². The van der Waals surface area contributed by atoms with Crippen molar-refractivity contribution in [3.8, 4) is 0 Å². The molecular formula is C10H20N2O. The summed E-state index contributed by atoms with van der Waals surface area (Å²) in [6.07, 6.45) is 6.22. The number of rotatable bonds is 3. The number of carbonyl (C=O) groups is 1. The molecule has 0 aliphatic heterocycles. The second kappa shape index (κ2) is 4.09. The molecule has 0 spiro atoms. The Balaban J connectivity index is 2.41. The number of nitrogens with one attached hydrogen (secondary N) is 1. The van der Waals surface area contributed by atoms with Gasteiger partial charge in [-0.1, -0.05) is 19.3 Å². The van der Waals surface area contributed by atoms with Crippen molar-refractivity contribution in [2.45, 2.75) is 57.5 Å². The van der Waals surface area contributed by atoms with E-state index in [2.05, 4.69) is 5.32 Å². The lowest BCUT2D eigenvalue weighted by atomic mass is 9.92. The SMILES string of the molecule is CC(C)(NC1CCCCC1)C(N)=O. The van der Waals surface area contributed by atoms with Gasteiger partial charge in [0.25, 0.3) is 0 Å². The first-order valence-electron chi connectivity index (χ1n) is 5.10. The molecule has 1 aliphatic carbocycles. The van der Waals surface area contributed by atoms with E-state index in [4.69, 9.17) is 5.73 Å². The monoisotopic (exact) mass is 184 g/mol. The van der Waals surface area contributed by atoms with Gasteiger partial charge in [0.2, 0.25) is 5.91 Å². The summed E-state index contributed by atoms with van der Waals surface area (Å²) in [7, 11) is 0. The molecule has 76 valence electrons. The second-order valence-electron chi connectivity index (χ2n) is 4.47. The van der Waals surface area contributed by atoms with Crippen LogP contribution >= 0.6 is 0 Å². The second-order valence-corrected chi connectivity index (χ2v) is 4.47. The predicted octanol–water partition coefficient (Wildman–Crippen LogP) is 1.17. The first-order chi connectivity index (χ1) is 6.02. The van der Waals surface area contributed by atoms with Gasteiger partial charge >= 0.3 is 0 Å². The molecular weight excluding hydrogens is 164 g/mol. The number of hydrogen-bond acceptors (Lipinski definition) is 2. The van der Waals surface area contributed by atoms with E-state index >= 15 is 0 Å². The van der Waals surface area contributed by atoms with Gasteiger partial charge in [-0.25, -0.2) is 0 Å². The standard InChI is InChI=1S/C10H20N2O/c1-10(2,9(11)13)12-8-6-4-3-5-7-8/h8,12H,3-7H2,1-2H3,(H2,11,13). The van der Waals surface area contributed by atoms with Crippen LogP contribution in [0.5, 0.6) is 0 Å². The molecule has 1 amide bonds. The Hall–Kier alpha value is -0.570. The van der Waals surface area contributed by atoms with E-state index < -0.39 is 5.54 Å². The molecule has 1 fully saturated rings. The molecule has 1 aliphatic rings. The van der Waals surface area contributed by atoms with Crippen LogP contribution in [0.4, 0.5) is 0 Å². The lowest BCUT2D eigenvalue weighted by molar-refractivity contribution is -0.123. The number of carbonyl (C=O) groups excluding carboxylic acids is 1. The Morgan fingerprint density at radius 3 is 2.31 bits per heavy atom. The summed E-state index contributed by atoms with van der Waals surface area (Å²) in [5.41, 5.74) is 4.73. The highest BCUT2D eigenvalue weighted by atomic mass is 16.1. The van der Waals surface area contributed by atoms with Crippen molar-refractivity contribution in [1.29, 1.82) is 0 Å². The Bertz CT molecular complexity index is 183. The molecule has 0 atom stereocenters. The molecule has 0 heterocycles. The molecule has 13 heavy (non-hydrogen) atoms. The Morgan fingerprint density at radius 2 is 1.85 bits per heavy atom. The highest BCUT2D eigenvalue weighted by molar-refractivity contribution is 5.83. The number of hydrogen-bond donors (Lipinski definition) is 2. The molecule has 0 bridgehead atoms. The van der Waals surface area contributed by atoms with Crippen LogP contribution in [-0.2, 0) is 4.79 Å². The highest BCUT2D eigenvalue weighted by Crippen LogP contribution is 2.19. The molecule has 0 saturated heterocycles. The zero-order valence-electron chi connectivity index (χ0n) is 8.60. The van der Waals surface area contributed by atoms with Crippen molar-refractivity contribution in [3.63, 3.8) is 0 Å². The Morgan fingerprint density at radius 1 is 1.31 bits per heavy atom. The van der Waals surface area contributed by atoms with Gasteiger partial charge in [0.05, 0.1) is 5.54 Å².